The minimum Gasteiger partial charge on any atom is -0.357 e. The molecule has 2 N–H and O–H groups in total. The average molecular weight is 190 g/mol. The Kier molecular flexibility index (Phi) is 3.01. The molecule has 1 heterocycles. The van der Waals surface area contributed by atoms with Gasteiger partial charge in [0.25, 0.3) is 5.95 Å². The van der Waals surface area contributed by atoms with Crippen LogP contribution in [0.2, 0.25) is 5.28 Å². The first-order chi connectivity index (χ1) is 5.76. The number of halogens is 1. The zero-order valence-corrected chi connectivity index (χ0v) is 7.38. The van der Waals surface area contributed by atoms with Crippen molar-refractivity contribution in [2.45, 2.75) is 0 Å². The largest absolute Gasteiger partial charge is 0.357 e. The van der Waals surface area contributed by atoms with E-state index in [0.717, 1.165) is 0 Å². The second-order valence-electron chi connectivity index (χ2n) is 1.81. The first-order valence-corrected chi connectivity index (χ1v) is 3.52. The molecule has 1 aromatic heterocycles. The van der Waals surface area contributed by atoms with Crippen LogP contribution in [-0.2, 0) is 4.84 Å². The molecular formula is C5H8ClN5O. The van der Waals surface area contributed by atoms with Crippen LogP contribution in [0.1, 0.15) is 0 Å². The third-order valence-corrected chi connectivity index (χ3v) is 1.19. The minimum absolute atomic E-state index is 0.105. The molecule has 0 aliphatic carbocycles. The quantitative estimate of drug-likeness (QED) is 0.677. The number of rotatable bonds is 3. The van der Waals surface area contributed by atoms with Crippen LogP contribution in [0.25, 0.3) is 0 Å². The highest BCUT2D eigenvalue weighted by Crippen LogP contribution is 2.08. The van der Waals surface area contributed by atoms with Crippen LogP contribution in [-0.4, -0.2) is 29.1 Å². The number of anilines is 2. The van der Waals surface area contributed by atoms with Gasteiger partial charge in [0.2, 0.25) is 11.2 Å². The highest BCUT2D eigenvalue weighted by Gasteiger charge is 2.01. The van der Waals surface area contributed by atoms with Gasteiger partial charge in [0.15, 0.2) is 0 Å². The molecule has 12 heavy (non-hydrogen) atoms. The number of nitrogens with one attached hydrogen (secondary N) is 2. The maximum atomic E-state index is 5.57. The first-order valence-electron chi connectivity index (χ1n) is 3.14. The summed E-state index contributed by atoms with van der Waals surface area (Å²) < 4.78 is 0. The lowest BCUT2D eigenvalue weighted by Crippen LogP contribution is -2.05. The van der Waals surface area contributed by atoms with Gasteiger partial charge in [-0.05, 0) is 11.6 Å². The van der Waals surface area contributed by atoms with Crippen LogP contribution in [0.15, 0.2) is 0 Å². The molecule has 0 bridgehead atoms. The topological polar surface area (TPSA) is 72.0 Å². The summed E-state index contributed by atoms with van der Waals surface area (Å²) in [5.41, 5.74) is 2.44. The van der Waals surface area contributed by atoms with E-state index in [0.29, 0.717) is 5.95 Å². The lowest BCUT2D eigenvalue weighted by molar-refractivity contribution is 0.267. The molecule has 0 saturated heterocycles. The summed E-state index contributed by atoms with van der Waals surface area (Å²) in [6.45, 7) is 0. The molecule has 0 saturated carbocycles. The maximum absolute atomic E-state index is 5.57. The third kappa shape index (κ3) is 2.18. The zero-order chi connectivity index (χ0) is 8.97. The molecule has 1 aromatic rings. The van der Waals surface area contributed by atoms with Crippen LogP contribution in [0.5, 0.6) is 0 Å². The standard InChI is InChI=1S/C5H8ClN5O/c1-7-4-8-3(6)9-5(10-4)11-12-2/h1-2H3,(H2,7,8,9,10,11). The van der Waals surface area contributed by atoms with Crippen molar-refractivity contribution >= 4 is 23.5 Å². The van der Waals surface area contributed by atoms with Crippen molar-refractivity contribution in [1.82, 2.24) is 15.0 Å². The van der Waals surface area contributed by atoms with Crippen molar-refractivity contribution in [2.75, 3.05) is 25.0 Å². The van der Waals surface area contributed by atoms with E-state index in [-0.39, 0.29) is 11.2 Å². The maximum Gasteiger partial charge on any atom is 0.253 e. The SMILES string of the molecule is CNc1nc(Cl)nc(NOC)n1. The van der Waals surface area contributed by atoms with E-state index in [2.05, 4.69) is 30.6 Å². The fourth-order valence-corrected chi connectivity index (χ4v) is 0.759. The summed E-state index contributed by atoms with van der Waals surface area (Å²) in [4.78, 5) is 16.0. The predicted octanol–water partition coefficient (Wildman–Crippen LogP) is 0.540. The molecule has 0 radical (unpaired) electrons. The van der Waals surface area contributed by atoms with E-state index in [1.54, 1.807) is 7.05 Å². The Hall–Kier alpha value is -1.14. The second kappa shape index (κ2) is 4.03. The molecule has 0 aliphatic heterocycles. The van der Waals surface area contributed by atoms with E-state index < -0.39 is 0 Å². The summed E-state index contributed by atoms with van der Waals surface area (Å²) in [6, 6.07) is 0. The van der Waals surface area contributed by atoms with Crippen molar-refractivity contribution in [2.24, 2.45) is 0 Å². The Morgan fingerprint density at radius 1 is 1.25 bits per heavy atom. The second-order valence-corrected chi connectivity index (χ2v) is 2.15. The molecule has 0 aromatic carbocycles. The van der Waals surface area contributed by atoms with Crippen LogP contribution < -0.4 is 10.8 Å². The van der Waals surface area contributed by atoms with Gasteiger partial charge in [-0.3, -0.25) is 4.84 Å². The highest BCUT2D eigenvalue weighted by atomic mass is 35.5. The molecule has 0 aliphatic rings. The zero-order valence-electron chi connectivity index (χ0n) is 6.63. The van der Waals surface area contributed by atoms with E-state index in [1.807, 2.05) is 0 Å². The monoisotopic (exact) mass is 189 g/mol. The van der Waals surface area contributed by atoms with Crippen LogP contribution >= 0.6 is 11.6 Å². The molecule has 0 amide bonds. The van der Waals surface area contributed by atoms with Crippen molar-refractivity contribution in [3.05, 3.63) is 5.28 Å². The normalized spacial score (nSPS) is 9.58. The molecule has 0 unspecified atom stereocenters. The van der Waals surface area contributed by atoms with Gasteiger partial charge in [-0.2, -0.15) is 15.0 Å². The summed E-state index contributed by atoms with van der Waals surface area (Å²) in [7, 11) is 3.14. The Bertz CT molecular complexity index is 268. The fraction of sp³-hybridized carbons (Fsp3) is 0.400. The van der Waals surface area contributed by atoms with Gasteiger partial charge in [0.1, 0.15) is 0 Å². The first kappa shape index (κ1) is 8.95. The van der Waals surface area contributed by atoms with Gasteiger partial charge >= 0.3 is 0 Å². The Balaban J connectivity index is 2.90. The van der Waals surface area contributed by atoms with Crippen LogP contribution in [0.4, 0.5) is 11.9 Å². The lowest BCUT2D eigenvalue weighted by Gasteiger charge is -2.02. The van der Waals surface area contributed by atoms with Gasteiger partial charge in [0.05, 0.1) is 7.11 Å². The van der Waals surface area contributed by atoms with Gasteiger partial charge in [-0.1, -0.05) is 0 Å². The average Bonchev–Trinajstić information content (AvgIpc) is 2.04. The molecule has 0 fully saturated rings. The molecular weight excluding hydrogens is 182 g/mol. The Morgan fingerprint density at radius 2 is 1.92 bits per heavy atom. The smallest absolute Gasteiger partial charge is 0.253 e. The number of nitrogens with zero attached hydrogens (tertiary/aromatic N) is 3. The molecule has 7 heteroatoms. The molecule has 0 spiro atoms. The minimum atomic E-state index is 0.105. The molecule has 0 atom stereocenters. The molecule has 1 rings (SSSR count). The summed E-state index contributed by atoms with van der Waals surface area (Å²) in [6.07, 6.45) is 0. The molecule has 66 valence electrons. The number of aromatic nitrogens is 3. The van der Waals surface area contributed by atoms with E-state index in [9.17, 15) is 0 Å². The van der Waals surface area contributed by atoms with Crippen molar-refractivity contribution in [3.63, 3.8) is 0 Å². The number of hydrogen-bond acceptors (Lipinski definition) is 6. The van der Waals surface area contributed by atoms with Gasteiger partial charge in [-0.15, -0.1) is 0 Å². The number of hydrogen-bond donors (Lipinski definition) is 2. The van der Waals surface area contributed by atoms with Gasteiger partial charge < -0.3 is 5.32 Å². The summed E-state index contributed by atoms with van der Waals surface area (Å²) >= 11 is 5.57. The Morgan fingerprint density at radius 3 is 2.50 bits per heavy atom. The van der Waals surface area contributed by atoms with Crippen LogP contribution in [0.3, 0.4) is 0 Å². The van der Waals surface area contributed by atoms with E-state index in [4.69, 9.17) is 11.6 Å². The summed E-state index contributed by atoms with van der Waals surface area (Å²) in [5, 5.41) is 2.83. The molecule has 6 nitrogen and oxygen atoms in total. The van der Waals surface area contributed by atoms with Gasteiger partial charge in [-0.25, -0.2) is 5.48 Å². The lowest BCUT2D eigenvalue weighted by atomic mass is 10.9. The van der Waals surface area contributed by atoms with Crippen molar-refractivity contribution < 1.29 is 4.84 Å². The van der Waals surface area contributed by atoms with E-state index in [1.165, 1.54) is 7.11 Å². The Labute approximate surface area is 74.3 Å². The van der Waals surface area contributed by atoms with E-state index >= 15 is 0 Å². The fourth-order valence-electron chi connectivity index (χ4n) is 0.599. The highest BCUT2D eigenvalue weighted by molar-refractivity contribution is 6.28. The van der Waals surface area contributed by atoms with Crippen LogP contribution in [0, 0.1) is 0 Å². The van der Waals surface area contributed by atoms with Gasteiger partial charge in [0, 0.05) is 7.05 Å². The van der Waals surface area contributed by atoms with Crippen molar-refractivity contribution in [3.8, 4) is 0 Å². The predicted molar refractivity (Wildman–Crippen MR) is 45.0 cm³/mol. The summed E-state index contributed by atoms with van der Waals surface area (Å²) in [5.74, 6) is 0.649. The third-order valence-electron chi connectivity index (χ3n) is 1.03. The van der Waals surface area contributed by atoms with Crippen molar-refractivity contribution in [1.29, 1.82) is 0 Å².